The zero-order chi connectivity index (χ0) is 26.0. The number of nitrogens with zero attached hydrogens (tertiary/aromatic N) is 3. The first-order valence-corrected chi connectivity index (χ1v) is 14.5. The number of nitrogens with one attached hydrogen (secondary N) is 2. The van der Waals surface area contributed by atoms with E-state index >= 15 is 0 Å². The molecule has 5 rings (SSSR count). The van der Waals surface area contributed by atoms with Gasteiger partial charge in [0.05, 0.1) is 35.4 Å². The average molecular weight is 532 g/mol. The van der Waals surface area contributed by atoms with Crippen molar-refractivity contribution in [2.45, 2.75) is 38.7 Å². The number of anilines is 4. The zero-order valence-electron chi connectivity index (χ0n) is 21.1. The largest absolute Gasteiger partial charge is 0.375 e. The molecule has 2 aromatic rings. The van der Waals surface area contributed by atoms with Crippen molar-refractivity contribution in [3.63, 3.8) is 0 Å². The van der Waals surface area contributed by atoms with E-state index in [0.717, 1.165) is 44.8 Å². The molecule has 200 valence electrons. The monoisotopic (exact) mass is 531 g/mol. The highest BCUT2D eigenvalue weighted by Gasteiger charge is 2.44. The fourth-order valence-electron chi connectivity index (χ4n) is 5.16. The third-order valence-electron chi connectivity index (χ3n) is 7.52. The fraction of sp³-hybridized carbons (Fsp3) is 0.538. The fourth-order valence-corrected chi connectivity index (χ4v) is 5.95. The van der Waals surface area contributed by atoms with Gasteiger partial charge in [-0.2, -0.15) is 0 Å². The molecule has 9 nitrogen and oxygen atoms in total. The predicted octanol–water partition coefficient (Wildman–Crippen LogP) is 3.65. The highest BCUT2D eigenvalue weighted by Crippen LogP contribution is 2.54. The van der Waals surface area contributed by atoms with Gasteiger partial charge in [0.2, 0.25) is 10.0 Å². The van der Waals surface area contributed by atoms with Crippen LogP contribution in [0.1, 0.15) is 43.0 Å². The van der Waals surface area contributed by atoms with Gasteiger partial charge < -0.3 is 19.9 Å². The second kappa shape index (κ2) is 10.4. The van der Waals surface area contributed by atoms with Gasteiger partial charge in [-0.05, 0) is 68.4 Å². The van der Waals surface area contributed by atoms with Gasteiger partial charge in [0.1, 0.15) is 18.3 Å². The van der Waals surface area contributed by atoms with Gasteiger partial charge in [0.15, 0.2) is 0 Å². The first-order chi connectivity index (χ1) is 17.8. The Morgan fingerprint density at radius 2 is 1.92 bits per heavy atom. The first kappa shape index (κ1) is 25.7. The minimum atomic E-state index is -3.81. The molecule has 1 saturated carbocycles. The number of piperidine rings is 1. The molecule has 1 spiro atoms. The van der Waals surface area contributed by atoms with Gasteiger partial charge in [0, 0.05) is 26.2 Å². The van der Waals surface area contributed by atoms with Crippen LogP contribution >= 0.6 is 0 Å². The summed E-state index contributed by atoms with van der Waals surface area (Å²) in [6.07, 6.45) is 4.71. The van der Waals surface area contributed by atoms with Crippen LogP contribution in [0, 0.1) is 5.41 Å². The lowest BCUT2D eigenvalue weighted by Crippen LogP contribution is -2.41. The van der Waals surface area contributed by atoms with E-state index in [0.29, 0.717) is 34.8 Å². The van der Waals surface area contributed by atoms with Gasteiger partial charge >= 0.3 is 0 Å². The number of hydrogen-bond donors (Lipinski definition) is 2. The second-order valence-electron chi connectivity index (χ2n) is 10.3. The third-order valence-corrected chi connectivity index (χ3v) is 8.76. The number of carbonyl (C=O) groups excluding carboxylic acids is 1. The smallest absolute Gasteiger partial charge is 0.258 e. The molecule has 11 heteroatoms. The summed E-state index contributed by atoms with van der Waals surface area (Å²) in [6.45, 7) is 4.73. The van der Waals surface area contributed by atoms with Gasteiger partial charge in [-0.15, -0.1) is 0 Å². The maximum atomic E-state index is 13.5. The summed E-state index contributed by atoms with van der Waals surface area (Å²) < 4.78 is 45.1. The summed E-state index contributed by atoms with van der Waals surface area (Å²) in [5.74, 6) is 0.285. The van der Waals surface area contributed by atoms with Gasteiger partial charge in [-0.25, -0.2) is 17.8 Å². The lowest BCUT2D eigenvalue weighted by molar-refractivity contribution is 0.0529. The van der Waals surface area contributed by atoms with Gasteiger partial charge in [-0.3, -0.25) is 9.52 Å². The molecule has 2 N–H and O–H groups in total. The number of aromatic nitrogens is 1. The molecule has 3 aliphatic rings. The Balaban J connectivity index is 1.38. The van der Waals surface area contributed by atoms with Crippen molar-refractivity contribution >= 4 is 38.9 Å². The number of halogens is 1. The Morgan fingerprint density at radius 1 is 1.14 bits per heavy atom. The van der Waals surface area contributed by atoms with Crippen molar-refractivity contribution in [2.75, 3.05) is 65.1 Å². The van der Waals surface area contributed by atoms with E-state index in [1.54, 1.807) is 24.3 Å². The summed E-state index contributed by atoms with van der Waals surface area (Å²) in [4.78, 5) is 22.4. The summed E-state index contributed by atoms with van der Waals surface area (Å²) in [5, 5.41) is 2.92. The molecule has 0 bridgehead atoms. The molecule has 1 atom stereocenters. The molecule has 1 aromatic carbocycles. The molecule has 3 fully saturated rings. The van der Waals surface area contributed by atoms with Crippen molar-refractivity contribution in [2.24, 2.45) is 5.41 Å². The van der Waals surface area contributed by atoms with E-state index in [9.17, 15) is 17.6 Å². The van der Waals surface area contributed by atoms with Crippen LogP contribution in [0.5, 0.6) is 0 Å². The molecule has 2 saturated heterocycles. The SMILES string of the molecule is C[C@@H]1CN(c2cccc(NC(=O)c3ccc(NS(=O)(=O)CCF)cc3N3CCC4(CC3)CC4)n2)CCO1. The van der Waals surface area contributed by atoms with E-state index in [2.05, 4.69) is 24.8 Å². The number of carbonyl (C=O) groups is 1. The number of hydrogen-bond acceptors (Lipinski definition) is 7. The standard InChI is InChI=1S/C26H34FN5O4S/c1-19-18-32(14-15-36-19)24-4-2-3-23(28-24)29-25(33)21-6-5-20(30-37(34,35)16-11-27)17-22(21)31-12-9-26(7-8-26)10-13-31/h2-6,17,19,30H,7-16,18H2,1H3,(H,28,29,33)/t19-/m1/s1. The molecular formula is C26H34FN5O4S. The van der Waals surface area contributed by atoms with E-state index < -0.39 is 22.5 Å². The van der Waals surface area contributed by atoms with Gasteiger partial charge in [0.25, 0.3) is 5.91 Å². The summed E-state index contributed by atoms with van der Waals surface area (Å²) in [7, 11) is -3.81. The molecule has 0 unspecified atom stereocenters. The molecule has 1 aromatic heterocycles. The number of pyridine rings is 1. The maximum absolute atomic E-state index is 13.5. The van der Waals surface area contributed by atoms with Crippen molar-refractivity contribution in [1.82, 2.24) is 4.98 Å². The van der Waals surface area contributed by atoms with Crippen LogP contribution in [0.4, 0.5) is 27.4 Å². The second-order valence-corrected chi connectivity index (χ2v) is 12.1. The zero-order valence-corrected chi connectivity index (χ0v) is 21.9. The van der Waals surface area contributed by atoms with Crippen molar-refractivity contribution in [3.05, 3.63) is 42.0 Å². The lowest BCUT2D eigenvalue weighted by Gasteiger charge is -2.35. The Hall–Kier alpha value is -2.92. The van der Waals surface area contributed by atoms with Crippen molar-refractivity contribution in [1.29, 1.82) is 0 Å². The molecule has 37 heavy (non-hydrogen) atoms. The molecule has 1 aliphatic carbocycles. The normalized spacial score (nSPS) is 21.1. The van der Waals surface area contributed by atoms with Crippen molar-refractivity contribution in [3.8, 4) is 0 Å². The number of alkyl halides is 1. The highest BCUT2D eigenvalue weighted by molar-refractivity contribution is 7.92. The molecule has 1 amide bonds. The van der Waals surface area contributed by atoms with Crippen LogP contribution in [0.3, 0.4) is 0 Å². The van der Waals surface area contributed by atoms with E-state index in [-0.39, 0.29) is 12.0 Å². The quantitative estimate of drug-likeness (QED) is 0.536. The topological polar surface area (TPSA) is 104 Å². The minimum absolute atomic E-state index is 0.108. The summed E-state index contributed by atoms with van der Waals surface area (Å²) in [6, 6.07) is 10.4. The Kier molecular flexibility index (Phi) is 7.26. The number of morpholine rings is 1. The number of sulfonamides is 1. The number of ether oxygens (including phenoxy) is 1. The van der Waals surface area contributed by atoms with Crippen LogP contribution in [0.2, 0.25) is 0 Å². The van der Waals surface area contributed by atoms with Crippen LogP contribution in [-0.2, 0) is 14.8 Å². The lowest BCUT2D eigenvalue weighted by atomic mass is 9.93. The summed E-state index contributed by atoms with van der Waals surface area (Å²) >= 11 is 0. The minimum Gasteiger partial charge on any atom is -0.375 e. The highest BCUT2D eigenvalue weighted by atomic mass is 32.2. The van der Waals surface area contributed by atoms with Crippen LogP contribution in [0.15, 0.2) is 36.4 Å². The van der Waals surface area contributed by atoms with Crippen LogP contribution in [-0.4, -0.2) is 70.6 Å². The average Bonchev–Trinajstić information content (AvgIpc) is 3.63. The van der Waals surface area contributed by atoms with Crippen LogP contribution < -0.4 is 19.8 Å². The van der Waals surface area contributed by atoms with Crippen molar-refractivity contribution < 1.29 is 22.3 Å². The van der Waals surface area contributed by atoms with E-state index in [4.69, 9.17) is 4.74 Å². The predicted molar refractivity (Wildman–Crippen MR) is 143 cm³/mol. The Morgan fingerprint density at radius 3 is 2.62 bits per heavy atom. The molecule has 3 heterocycles. The molecule has 2 aliphatic heterocycles. The van der Waals surface area contributed by atoms with Gasteiger partial charge in [-0.1, -0.05) is 6.07 Å². The number of rotatable bonds is 8. The third kappa shape index (κ3) is 6.15. The first-order valence-electron chi connectivity index (χ1n) is 12.9. The summed E-state index contributed by atoms with van der Waals surface area (Å²) in [5.41, 5.74) is 1.85. The molecule has 0 radical (unpaired) electrons. The Bertz CT molecular complexity index is 1240. The number of benzene rings is 1. The van der Waals surface area contributed by atoms with Crippen LogP contribution in [0.25, 0.3) is 0 Å². The Labute approximate surface area is 217 Å². The maximum Gasteiger partial charge on any atom is 0.258 e. The molecular weight excluding hydrogens is 497 g/mol. The van der Waals surface area contributed by atoms with E-state index in [1.807, 2.05) is 19.1 Å². The van der Waals surface area contributed by atoms with E-state index in [1.165, 1.54) is 12.8 Å². The number of amides is 1.